The number of nitrogens with zero attached hydrogens (tertiary/aromatic N) is 1. The van der Waals surface area contributed by atoms with E-state index in [0.717, 1.165) is 36.6 Å². The van der Waals surface area contributed by atoms with Crippen molar-refractivity contribution in [2.45, 2.75) is 64.7 Å². The van der Waals surface area contributed by atoms with Gasteiger partial charge in [0.1, 0.15) is 11.5 Å². The lowest BCUT2D eigenvalue weighted by atomic mass is 9.51. The van der Waals surface area contributed by atoms with Crippen molar-refractivity contribution in [3.8, 4) is 5.75 Å². The van der Waals surface area contributed by atoms with Gasteiger partial charge in [0.25, 0.3) is 5.91 Å². The summed E-state index contributed by atoms with van der Waals surface area (Å²) in [5.41, 5.74) is 4.07. The molecule has 0 aliphatic heterocycles. The van der Waals surface area contributed by atoms with E-state index in [-0.39, 0.29) is 16.7 Å². The second-order valence-corrected chi connectivity index (χ2v) is 8.98. The van der Waals surface area contributed by atoms with Crippen molar-refractivity contribution < 1.29 is 13.9 Å². The van der Waals surface area contributed by atoms with Crippen molar-refractivity contribution in [1.29, 1.82) is 0 Å². The molecule has 0 bridgehead atoms. The quantitative estimate of drug-likeness (QED) is 0.868. The summed E-state index contributed by atoms with van der Waals surface area (Å²) in [5, 5.41) is 2.90. The van der Waals surface area contributed by atoms with Crippen molar-refractivity contribution in [2.24, 2.45) is 5.92 Å². The van der Waals surface area contributed by atoms with Crippen molar-refractivity contribution in [3.63, 3.8) is 0 Å². The summed E-state index contributed by atoms with van der Waals surface area (Å²) in [7, 11) is 1.64. The molecule has 1 aromatic heterocycles. The van der Waals surface area contributed by atoms with Crippen LogP contribution in [0.5, 0.6) is 5.75 Å². The molecule has 5 heteroatoms. The SMILES string of the molecule is CCNC(=O)c1cc2c(cc1OC)[C@@]1(C)Cc3nc(C)oc3C(C)(C)[C@@H]1CC2. The lowest BCUT2D eigenvalue weighted by Gasteiger charge is -2.52. The Balaban J connectivity index is 1.87. The number of hydrogen-bond acceptors (Lipinski definition) is 4. The molecule has 1 N–H and O–H groups in total. The molecular formula is C23H30N2O3. The van der Waals surface area contributed by atoms with Crippen LogP contribution in [0.2, 0.25) is 0 Å². The molecular weight excluding hydrogens is 352 g/mol. The molecule has 0 radical (unpaired) electrons. The monoisotopic (exact) mass is 382 g/mol. The molecule has 2 atom stereocenters. The lowest BCUT2D eigenvalue weighted by Crippen LogP contribution is -2.51. The Morgan fingerprint density at radius 2 is 2.11 bits per heavy atom. The van der Waals surface area contributed by atoms with Gasteiger partial charge in [0.15, 0.2) is 5.89 Å². The molecule has 0 spiro atoms. The fraction of sp³-hybridized carbons (Fsp3) is 0.565. The number of aromatic nitrogens is 1. The Labute approximate surface area is 166 Å². The van der Waals surface area contributed by atoms with Crippen molar-refractivity contribution in [1.82, 2.24) is 10.3 Å². The molecule has 2 aliphatic rings. The van der Waals surface area contributed by atoms with Crippen LogP contribution in [-0.2, 0) is 23.7 Å². The minimum Gasteiger partial charge on any atom is -0.496 e. The van der Waals surface area contributed by atoms with Gasteiger partial charge < -0.3 is 14.5 Å². The van der Waals surface area contributed by atoms with Crippen molar-refractivity contribution in [3.05, 3.63) is 46.2 Å². The van der Waals surface area contributed by atoms with E-state index in [0.29, 0.717) is 23.8 Å². The molecule has 28 heavy (non-hydrogen) atoms. The number of methoxy groups -OCH3 is 1. The van der Waals surface area contributed by atoms with Gasteiger partial charge in [-0.25, -0.2) is 4.98 Å². The predicted molar refractivity (Wildman–Crippen MR) is 108 cm³/mol. The van der Waals surface area contributed by atoms with Crippen molar-refractivity contribution >= 4 is 5.91 Å². The molecule has 150 valence electrons. The Kier molecular flexibility index (Phi) is 4.32. The van der Waals surface area contributed by atoms with E-state index < -0.39 is 0 Å². The van der Waals surface area contributed by atoms with E-state index in [1.165, 1.54) is 11.1 Å². The number of fused-ring (bicyclic) bond motifs is 4. The summed E-state index contributed by atoms with van der Waals surface area (Å²) in [4.78, 5) is 17.2. The minimum absolute atomic E-state index is 0.0690. The van der Waals surface area contributed by atoms with Crippen LogP contribution >= 0.6 is 0 Å². The number of carbonyl (C=O) groups excluding carboxylic acids is 1. The third kappa shape index (κ3) is 2.59. The maximum Gasteiger partial charge on any atom is 0.255 e. The molecule has 2 aliphatic carbocycles. The lowest BCUT2D eigenvalue weighted by molar-refractivity contribution is 0.0951. The fourth-order valence-electron chi connectivity index (χ4n) is 5.75. The van der Waals surface area contributed by atoms with Crippen LogP contribution in [0, 0.1) is 12.8 Å². The van der Waals surface area contributed by atoms with E-state index in [9.17, 15) is 4.79 Å². The van der Waals surface area contributed by atoms with Gasteiger partial charge in [-0.3, -0.25) is 4.79 Å². The van der Waals surface area contributed by atoms with Gasteiger partial charge in [-0.05, 0) is 48.9 Å². The van der Waals surface area contributed by atoms with Gasteiger partial charge in [-0.2, -0.15) is 0 Å². The van der Waals surface area contributed by atoms with Gasteiger partial charge in [0.05, 0.1) is 18.4 Å². The van der Waals surface area contributed by atoms with Crippen molar-refractivity contribution in [2.75, 3.05) is 13.7 Å². The zero-order valence-corrected chi connectivity index (χ0v) is 17.7. The molecule has 0 saturated heterocycles. The molecule has 0 unspecified atom stereocenters. The standard InChI is InChI=1S/C23H30N2O3/c1-7-24-21(26)15-10-14-8-9-19-22(3,4)20-17(25-13(2)28-20)12-23(19,5)16(14)11-18(15)27-6/h10-11,19H,7-9,12H2,1-6H3,(H,24,26)/t19-,23+/m0/s1. The van der Waals surface area contributed by atoms with Gasteiger partial charge in [0.2, 0.25) is 0 Å². The van der Waals surface area contributed by atoms with Crippen LogP contribution in [0.25, 0.3) is 0 Å². The maximum absolute atomic E-state index is 12.5. The zero-order chi connectivity index (χ0) is 20.3. The molecule has 2 aromatic rings. The van der Waals surface area contributed by atoms with E-state index in [4.69, 9.17) is 14.1 Å². The molecule has 1 amide bonds. The molecule has 1 heterocycles. The van der Waals surface area contributed by atoms with E-state index >= 15 is 0 Å². The summed E-state index contributed by atoms with van der Waals surface area (Å²) in [5.74, 6) is 2.79. The van der Waals surface area contributed by atoms with Crippen LogP contribution in [0.4, 0.5) is 0 Å². The Hall–Kier alpha value is -2.30. The number of ether oxygens (including phenoxy) is 1. The first-order chi connectivity index (χ1) is 13.2. The van der Waals surface area contributed by atoms with Crippen LogP contribution in [0.15, 0.2) is 16.5 Å². The zero-order valence-electron chi connectivity index (χ0n) is 17.7. The van der Waals surface area contributed by atoms with Gasteiger partial charge in [-0.1, -0.05) is 20.8 Å². The first kappa shape index (κ1) is 19.0. The maximum atomic E-state index is 12.5. The number of nitrogens with one attached hydrogen (secondary N) is 1. The summed E-state index contributed by atoms with van der Waals surface area (Å²) in [6.07, 6.45) is 2.87. The average molecular weight is 383 g/mol. The molecule has 0 saturated carbocycles. The highest BCUT2D eigenvalue weighted by Gasteiger charge is 2.54. The normalized spacial score (nSPS) is 24.7. The van der Waals surface area contributed by atoms with Crippen LogP contribution in [0.1, 0.15) is 72.9 Å². The number of oxazole rings is 1. The molecule has 5 nitrogen and oxygen atoms in total. The topological polar surface area (TPSA) is 64.4 Å². The second-order valence-electron chi connectivity index (χ2n) is 8.98. The largest absolute Gasteiger partial charge is 0.496 e. The third-order valence-corrected chi connectivity index (χ3v) is 6.89. The molecule has 0 fully saturated rings. The minimum atomic E-state index is -0.0905. The predicted octanol–water partition coefficient (Wildman–Crippen LogP) is 4.10. The third-order valence-electron chi connectivity index (χ3n) is 6.89. The Morgan fingerprint density at radius 3 is 2.79 bits per heavy atom. The first-order valence-corrected chi connectivity index (χ1v) is 10.2. The number of carbonyl (C=O) groups is 1. The fourth-order valence-corrected chi connectivity index (χ4v) is 5.75. The summed E-state index contributed by atoms with van der Waals surface area (Å²) < 4.78 is 11.7. The van der Waals surface area contributed by atoms with Crippen LogP contribution in [0.3, 0.4) is 0 Å². The van der Waals surface area contributed by atoms with Gasteiger partial charge in [-0.15, -0.1) is 0 Å². The van der Waals surface area contributed by atoms with Crippen LogP contribution in [-0.4, -0.2) is 24.5 Å². The highest BCUT2D eigenvalue weighted by molar-refractivity contribution is 5.97. The Morgan fingerprint density at radius 1 is 1.36 bits per heavy atom. The van der Waals surface area contributed by atoms with Gasteiger partial charge >= 0.3 is 0 Å². The number of amides is 1. The van der Waals surface area contributed by atoms with E-state index in [1.54, 1.807) is 7.11 Å². The number of rotatable bonds is 3. The van der Waals surface area contributed by atoms with E-state index in [2.05, 4.69) is 32.2 Å². The highest BCUT2D eigenvalue weighted by atomic mass is 16.5. The number of benzene rings is 1. The smallest absolute Gasteiger partial charge is 0.255 e. The summed E-state index contributed by atoms with van der Waals surface area (Å²) in [6, 6.07) is 4.14. The van der Waals surface area contributed by atoms with Gasteiger partial charge in [0, 0.05) is 30.7 Å². The Bertz CT molecular complexity index is 944. The second kappa shape index (κ2) is 6.36. The summed E-state index contributed by atoms with van der Waals surface area (Å²) in [6.45, 7) is 11.4. The highest BCUT2D eigenvalue weighted by Crippen LogP contribution is 2.56. The molecule has 1 aromatic carbocycles. The average Bonchev–Trinajstić information content (AvgIpc) is 3.01. The number of aryl methyl sites for hydroxylation is 2. The van der Waals surface area contributed by atoms with Crippen LogP contribution < -0.4 is 10.1 Å². The van der Waals surface area contributed by atoms with E-state index in [1.807, 2.05) is 19.9 Å². The number of hydrogen-bond donors (Lipinski definition) is 1. The molecule has 4 rings (SSSR count). The first-order valence-electron chi connectivity index (χ1n) is 10.2. The summed E-state index contributed by atoms with van der Waals surface area (Å²) >= 11 is 0.